The van der Waals surface area contributed by atoms with Crippen molar-refractivity contribution in [2.75, 3.05) is 20.1 Å². The van der Waals surface area contributed by atoms with Crippen LogP contribution in [0.15, 0.2) is 17.1 Å². The minimum Gasteiger partial charge on any atom is -0.477 e. The van der Waals surface area contributed by atoms with E-state index in [9.17, 15) is 9.59 Å². The molecule has 0 radical (unpaired) electrons. The molecule has 1 aliphatic rings. The first-order chi connectivity index (χ1) is 8.08. The molecule has 92 valence electrons. The van der Waals surface area contributed by atoms with Crippen LogP contribution in [0.25, 0.3) is 0 Å². The normalized spacial score (nSPS) is 18.2. The maximum absolute atomic E-state index is 11.3. The number of hydrogen-bond donors (Lipinski definition) is 2. The van der Waals surface area contributed by atoms with Crippen LogP contribution in [0, 0.1) is 0 Å². The molecule has 2 heterocycles. The fourth-order valence-corrected chi connectivity index (χ4v) is 2.24. The van der Waals surface area contributed by atoms with Crippen LogP contribution in [-0.2, 0) is 0 Å². The van der Waals surface area contributed by atoms with Gasteiger partial charge >= 0.3 is 5.97 Å². The second kappa shape index (κ2) is 4.71. The summed E-state index contributed by atoms with van der Waals surface area (Å²) in [6, 6.07) is 1.51. The summed E-state index contributed by atoms with van der Waals surface area (Å²) in [7, 11) is 2.08. The van der Waals surface area contributed by atoms with Crippen molar-refractivity contribution in [1.82, 2.24) is 9.88 Å². The standard InChI is InChI=1S/C12H16N2O3/c1-14-4-2-8(3-5-14)9-6-10(12(16)17)11(15)13-7-9/h6-8H,2-5H2,1H3,(H,13,15)(H,16,17). The Hall–Kier alpha value is -1.62. The molecule has 5 nitrogen and oxygen atoms in total. The number of aromatic nitrogens is 1. The van der Waals surface area contributed by atoms with Crippen molar-refractivity contribution >= 4 is 5.97 Å². The number of carbonyl (C=O) groups is 1. The van der Waals surface area contributed by atoms with Gasteiger partial charge in [-0.1, -0.05) is 0 Å². The third-order valence-corrected chi connectivity index (χ3v) is 3.35. The zero-order valence-corrected chi connectivity index (χ0v) is 9.77. The topological polar surface area (TPSA) is 73.4 Å². The molecule has 0 saturated carbocycles. The molecule has 0 aliphatic carbocycles. The van der Waals surface area contributed by atoms with Crippen LogP contribution >= 0.6 is 0 Å². The summed E-state index contributed by atoms with van der Waals surface area (Å²) in [5.74, 6) is -0.817. The van der Waals surface area contributed by atoms with E-state index in [4.69, 9.17) is 5.11 Å². The van der Waals surface area contributed by atoms with Crippen LogP contribution in [0.4, 0.5) is 0 Å². The Kier molecular flexibility index (Phi) is 3.28. The molecule has 2 rings (SSSR count). The zero-order chi connectivity index (χ0) is 12.4. The predicted octanol–water partition coefficient (Wildman–Crippen LogP) is 0.882. The summed E-state index contributed by atoms with van der Waals surface area (Å²) in [5.41, 5.74) is 0.228. The van der Waals surface area contributed by atoms with E-state index in [1.807, 2.05) is 0 Å². The molecule has 1 fully saturated rings. The third kappa shape index (κ3) is 2.55. The van der Waals surface area contributed by atoms with Crippen molar-refractivity contribution < 1.29 is 9.90 Å². The molecular weight excluding hydrogens is 220 g/mol. The number of aromatic amines is 1. The molecule has 1 aliphatic heterocycles. The molecule has 0 bridgehead atoms. The monoisotopic (exact) mass is 236 g/mol. The molecule has 0 amide bonds. The molecule has 17 heavy (non-hydrogen) atoms. The lowest BCUT2D eigenvalue weighted by Gasteiger charge is -2.29. The number of nitrogens with zero attached hydrogens (tertiary/aromatic N) is 1. The first-order valence-corrected chi connectivity index (χ1v) is 5.72. The Morgan fingerprint density at radius 2 is 2.12 bits per heavy atom. The van der Waals surface area contributed by atoms with Gasteiger partial charge in [-0.25, -0.2) is 4.79 Å². The minimum atomic E-state index is -1.17. The maximum atomic E-state index is 11.3. The summed E-state index contributed by atoms with van der Waals surface area (Å²) in [6.07, 6.45) is 3.65. The van der Waals surface area contributed by atoms with E-state index >= 15 is 0 Å². The Morgan fingerprint density at radius 3 is 2.71 bits per heavy atom. The lowest BCUT2D eigenvalue weighted by atomic mass is 9.90. The van der Waals surface area contributed by atoms with Gasteiger partial charge in [-0.3, -0.25) is 4.79 Å². The van der Waals surface area contributed by atoms with Crippen molar-refractivity contribution in [2.45, 2.75) is 18.8 Å². The summed E-state index contributed by atoms with van der Waals surface area (Å²) in [4.78, 5) is 26.9. The quantitative estimate of drug-likeness (QED) is 0.799. The molecule has 2 N–H and O–H groups in total. The highest BCUT2D eigenvalue weighted by Crippen LogP contribution is 2.26. The Morgan fingerprint density at radius 1 is 1.47 bits per heavy atom. The van der Waals surface area contributed by atoms with E-state index < -0.39 is 11.5 Å². The van der Waals surface area contributed by atoms with Gasteiger partial charge in [-0.05, 0) is 50.5 Å². The van der Waals surface area contributed by atoms with E-state index in [0.717, 1.165) is 31.5 Å². The molecule has 1 aromatic heterocycles. The number of H-pyrrole nitrogens is 1. The van der Waals surface area contributed by atoms with E-state index in [2.05, 4.69) is 16.9 Å². The number of rotatable bonds is 2. The molecule has 0 atom stereocenters. The predicted molar refractivity (Wildman–Crippen MR) is 63.5 cm³/mol. The van der Waals surface area contributed by atoms with Gasteiger partial charge in [0.1, 0.15) is 5.56 Å². The molecular formula is C12H16N2O3. The average molecular weight is 236 g/mol. The first kappa shape index (κ1) is 11.9. The van der Waals surface area contributed by atoms with Crippen LogP contribution < -0.4 is 5.56 Å². The Labute approximate surface area is 99.1 Å². The second-order valence-electron chi connectivity index (χ2n) is 4.56. The smallest absolute Gasteiger partial charge is 0.341 e. The summed E-state index contributed by atoms with van der Waals surface area (Å²) in [6.45, 7) is 2.01. The van der Waals surface area contributed by atoms with Crippen molar-refractivity contribution in [3.8, 4) is 0 Å². The fourth-order valence-electron chi connectivity index (χ4n) is 2.24. The van der Waals surface area contributed by atoms with E-state index in [0.29, 0.717) is 5.92 Å². The highest BCUT2D eigenvalue weighted by molar-refractivity contribution is 5.87. The van der Waals surface area contributed by atoms with Crippen molar-refractivity contribution in [3.63, 3.8) is 0 Å². The van der Waals surface area contributed by atoms with Gasteiger partial charge in [0.25, 0.3) is 5.56 Å². The number of likely N-dealkylation sites (tertiary alicyclic amines) is 1. The number of carboxylic acids is 1. The number of carboxylic acid groups (broad SMARTS) is 1. The van der Waals surface area contributed by atoms with E-state index in [1.165, 1.54) is 6.07 Å². The molecule has 0 unspecified atom stereocenters. The van der Waals surface area contributed by atoms with Gasteiger partial charge in [0.15, 0.2) is 0 Å². The van der Waals surface area contributed by atoms with E-state index in [1.54, 1.807) is 6.20 Å². The SMILES string of the molecule is CN1CCC(c2c[nH]c(=O)c(C(=O)O)c2)CC1. The van der Waals surface area contributed by atoms with Crippen LogP contribution in [-0.4, -0.2) is 41.1 Å². The van der Waals surface area contributed by atoms with Gasteiger partial charge in [0, 0.05) is 6.20 Å². The maximum Gasteiger partial charge on any atom is 0.341 e. The van der Waals surface area contributed by atoms with Gasteiger partial charge in [-0.2, -0.15) is 0 Å². The largest absolute Gasteiger partial charge is 0.477 e. The number of nitrogens with one attached hydrogen (secondary N) is 1. The number of aromatic carboxylic acids is 1. The number of pyridine rings is 1. The van der Waals surface area contributed by atoms with Crippen LogP contribution in [0.1, 0.15) is 34.7 Å². The van der Waals surface area contributed by atoms with Crippen LogP contribution in [0.2, 0.25) is 0 Å². The summed E-state index contributed by atoms with van der Waals surface area (Å²) >= 11 is 0. The molecule has 1 aromatic rings. The van der Waals surface area contributed by atoms with Crippen molar-refractivity contribution in [2.24, 2.45) is 0 Å². The molecule has 0 spiro atoms. The van der Waals surface area contributed by atoms with Gasteiger partial charge in [0.05, 0.1) is 0 Å². The minimum absolute atomic E-state index is 0.165. The van der Waals surface area contributed by atoms with Gasteiger partial charge < -0.3 is 15.0 Å². The lowest BCUT2D eigenvalue weighted by molar-refractivity contribution is 0.0694. The molecule has 0 aromatic carbocycles. The van der Waals surface area contributed by atoms with Crippen LogP contribution in [0.3, 0.4) is 0 Å². The van der Waals surface area contributed by atoms with Gasteiger partial charge in [0.2, 0.25) is 0 Å². The fraction of sp³-hybridized carbons (Fsp3) is 0.500. The highest BCUT2D eigenvalue weighted by atomic mass is 16.4. The van der Waals surface area contributed by atoms with Crippen LogP contribution in [0.5, 0.6) is 0 Å². The zero-order valence-electron chi connectivity index (χ0n) is 9.77. The first-order valence-electron chi connectivity index (χ1n) is 5.72. The molecule has 5 heteroatoms. The third-order valence-electron chi connectivity index (χ3n) is 3.35. The lowest BCUT2D eigenvalue weighted by Crippen LogP contribution is -2.29. The summed E-state index contributed by atoms with van der Waals surface area (Å²) < 4.78 is 0. The number of hydrogen-bond acceptors (Lipinski definition) is 3. The Bertz CT molecular complexity index is 473. The van der Waals surface area contributed by atoms with Crippen molar-refractivity contribution in [3.05, 3.63) is 33.7 Å². The Balaban J connectivity index is 2.25. The van der Waals surface area contributed by atoms with Crippen molar-refractivity contribution in [1.29, 1.82) is 0 Å². The number of piperidine rings is 1. The highest BCUT2D eigenvalue weighted by Gasteiger charge is 2.20. The van der Waals surface area contributed by atoms with E-state index in [-0.39, 0.29) is 5.56 Å². The van der Waals surface area contributed by atoms with Gasteiger partial charge in [-0.15, -0.1) is 0 Å². The molecule has 1 saturated heterocycles. The second-order valence-corrected chi connectivity index (χ2v) is 4.56. The summed E-state index contributed by atoms with van der Waals surface area (Å²) in [5, 5.41) is 8.90. The average Bonchev–Trinajstić information content (AvgIpc) is 2.30.